The topological polar surface area (TPSA) is 44.4 Å². The maximum absolute atomic E-state index is 11.7. The Balaban J connectivity index is 1.99. The van der Waals surface area contributed by atoms with Gasteiger partial charge >= 0.3 is 0 Å². The number of carbonyl (C=O) groups excluding carboxylic acids is 1. The maximum atomic E-state index is 11.7. The van der Waals surface area contributed by atoms with E-state index in [0.29, 0.717) is 18.5 Å². The molecule has 2 atom stereocenters. The molecule has 2 heterocycles. The van der Waals surface area contributed by atoms with Crippen LogP contribution in [0.3, 0.4) is 0 Å². The van der Waals surface area contributed by atoms with Crippen molar-refractivity contribution in [3.63, 3.8) is 0 Å². The normalized spacial score (nSPS) is 30.4. The molecule has 0 spiro atoms. The Morgan fingerprint density at radius 1 is 1.29 bits per heavy atom. The standard InChI is InChI=1S/C13H25N3O/c1-2-8-16(12-5-7-14-10-12)11-4-3-6-15-13(17)9-11/h11-12,14H,2-10H2,1H3,(H,15,17). The van der Waals surface area contributed by atoms with E-state index in [1.807, 2.05) is 0 Å². The van der Waals surface area contributed by atoms with Crippen LogP contribution in [0.25, 0.3) is 0 Å². The third-order valence-electron chi connectivity index (χ3n) is 3.91. The van der Waals surface area contributed by atoms with E-state index < -0.39 is 0 Å². The second-order valence-electron chi connectivity index (χ2n) is 5.23. The predicted molar refractivity (Wildman–Crippen MR) is 68.9 cm³/mol. The molecule has 2 N–H and O–H groups in total. The quantitative estimate of drug-likeness (QED) is 0.760. The molecule has 17 heavy (non-hydrogen) atoms. The fourth-order valence-electron chi connectivity index (χ4n) is 3.08. The van der Waals surface area contributed by atoms with Crippen LogP contribution in [0.1, 0.15) is 39.0 Å². The highest BCUT2D eigenvalue weighted by atomic mass is 16.1. The molecule has 98 valence electrons. The molecule has 0 radical (unpaired) electrons. The molecule has 2 aliphatic rings. The van der Waals surface area contributed by atoms with E-state index in [9.17, 15) is 4.79 Å². The van der Waals surface area contributed by atoms with Crippen molar-refractivity contribution in [1.29, 1.82) is 0 Å². The van der Waals surface area contributed by atoms with Gasteiger partial charge in [-0.25, -0.2) is 0 Å². The minimum atomic E-state index is 0.236. The summed E-state index contributed by atoms with van der Waals surface area (Å²) in [7, 11) is 0. The van der Waals surface area contributed by atoms with Gasteiger partial charge in [0.15, 0.2) is 0 Å². The van der Waals surface area contributed by atoms with Crippen LogP contribution in [0.2, 0.25) is 0 Å². The molecule has 2 fully saturated rings. The van der Waals surface area contributed by atoms with Gasteiger partial charge in [-0.3, -0.25) is 9.69 Å². The first-order chi connectivity index (χ1) is 8.31. The summed E-state index contributed by atoms with van der Waals surface area (Å²) in [5.74, 6) is 0.236. The van der Waals surface area contributed by atoms with Crippen molar-refractivity contribution in [2.24, 2.45) is 0 Å². The van der Waals surface area contributed by atoms with Gasteiger partial charge in [-0.2, -0.15) is 0 Å². The van der Waals surface area contributed by atoms with Gasteiger partial charge in [-0.05, 0) is 38.8 Å². The van der Waals surface area contributed by atoms with Crippen LogP contribution in [0.5, 0.6) is 0 Å². The summed E-state index contributed by atoms with van der Waals surface area (Å²) >= 11 is 0. The zero-order chi connectivity index (χ0) is 12.1. The lowest BCUT2D eigenvalue weighted by molar-refractivity contribution is -0.121. The van der Waals surface area contributed by atoms with Crippen LogP contribution in [-0.2, 0) is 4.79 Å². The number of nitrogens with one attached hydrogen (secondary N) is 2. The van der Waals surface area contributed by atoms with Gasteiger partial charge in [-0.15, -0.1) is 0 Å². The van der Waals surface area contributed by atoms with E-state index in [1.165, 1.54) is 12.8 Å². The van der Waals surface area contributed by atoms with Gasteiger partial charge in [0.25, 0.3) is 0 Å². The summed E-state index contributed by atoms with van der Waals surface area (Å²) in [5, 5.41) is 6.42. The summed E-state index contributed by atoms with van der Waals surface area (Å²) in [6, 6.07) is 1.10. The Kier molecular flexibility index (Phi) is 4.80. The molecule has 2 aliphatic heterocycles. The first-order valence-corrected chi connectivity index (χ1v) is 7.04. The van der Waals surface area contributed by atoms with Gasteiger partial charge in [-0.1, -0.05) is 6.92 Å². The fraction of sp³-hybridized carbons (Fsp3) is 0.923. The summed E-state index contributed by atoms with van der Waals surface area (Å²) in [6.07, 6.45) is 5.38. The summed E-state index contributed by atoms with van der Waals surface area (Å²) in [4.78, 5) is 14.3. The van der Waals surface area contributed by atoms with Crippen molar-refractivity contribution in [2.45, 2.75) is 51.1 Å². The van der Waals surface area contributed by atoms with Crippen molar-refractivity contribution in [1.82, 2.24) is 15.5 Å². The molecule has 2 unspecified atom stereocenters. The smallest absolute Gasteiger partial charge is 0.221 e. The van der Waals surface area contributed by atoms with Crippen LogP contribution in [-0.4, -0.2) is 49.1 Å². The summed E-state index contributed by atoms with van der Waals surface area (Å²) in [5.41, 5.74) is 0. The van der Waals surface area contributed by atoms with Crippen molar-refractivity contribution in [2.75, 3.05) is 26.2 Å². The van der Waals surface area contributed by atoms with Crippen molar-refractivity contribution >= 4 is 5.91 Å². The van der Waals surface area contributed by atoms with Gasteiger partial charge in [0.2, 0.25) is 5.91 Å². The van der Waals surface area contributed by atoms with E-state index in [-0.39, 0.29) is 5.91 Å². The minimum absolute atomic E-state index is 0.236. The first-order valence-electron chi connectivity index (χ1n) is 7.04. The van der Waals surface area contributed by atoms with Crippen LogP contribution in [0.15, 0.2) is 0 Å². The van der Waals surface area contributed by atoms with Gasteiger partial charge in [0, 0.05) is 31.6 Å². The SMILES string of the molecule is CCCN(C1CCNC1)C1CCCNC(=O)C1. The zero-order valence-electron chi connectivity index (χ0n) is 10.9. The van der Waals surface area contributed by atoms with Gasteiger partial charge in [0.05, 0.1) is 0 Å². The molecule has 0 saturated carbocycles. The average Bonchev–Trinajstić information content (AvgIpc) is 2.75. The molecule has 4 nitrogen and oxygen atoms in total. The van der Waals surface area contributed by atoms with Crippen LogP contribution >= 0.6 is 0 Å². The monoisotopic (exact) mass is 239 g/mol. The molecule has 0 bridgehead atoms. The second-order valence-corrected chi connectivity index (χ2v) is 5.23. The molecule has 0 aromatic rings. The Morgan fingerprint density at radius 3 is 2.88 bits per heavy atom. The van der Waals surface area contributed by atoms with E-state index in [4.69, 9.17) is 0 Å². The minimum Gasteiger partial charge on any atom is -0.356 e. The van der Waals surface area contributed by atoms with E-state index in [0.717, 1.165) is 39.0 Å². The predicted octanol–water partition coefficient (Wildman–Crippen LogP) is 0.729. The van der Waals surface area contributed by atoms with Crippen molar-refractivity contribution < 1.29 is 4.79 Å². The van der Waals surface area contributed by atoms with Crippen molar-refractivity contribution in [3.8, 4) is 0 Å². The lowest BCUT2D eigenvalue weighted by Gasteiger charge is -2.35. The third-order valence-corrected chi connectivity index (χ3v) is 3.91. The first kappa shape index (κ1) is 12.8. The fourth-order valence-corrected chi connectivity index (χ4v) is 3.08. The molecule has 0 aromatic carbocycles. The Labute approximate surface area is 104 Å². The molecule has 0 aliphatic carbocycles. The lowest BCUT2D eigenvalue weighted by atomic mass is 10.0. The van der Waals surface area contributed by atoms with E-state index >= 15 is 0 Å². The number of amides is 1. The third kappa shape index (κ3) is 3.42. The number of hydrogen-bond donors (Lipinski definition) is 2. The van der Waals surface area contributed by atoms with Crippen LogP contribution in [0, 0.1) is 0 Å². The number of hydrogen-bond acceptors (Lipinski definition) is 3. The average molecular weight is 239 g/mol. The molecular formula is C13H25N3O. The summed E-state index contributed by atoms with van der Waals surface area (Å²) in [6.45, 7) is 6.44. The largest absolute Gasteiger partial charge is 0.356 e. The molecule has 2 rings (SSSR count). The Hall–Kier alpha value is -0.610. The number of nitrogens with zero attached hydrogens (tertiary/aromatic N) is 1. The number of carbonyl (C=O) groups is 1. The van der Waals surface area contributed by atoms with Gasteiger partial charge in [0.1, 0.15) is 0 Å². The highest BCUT2D eigenvalue weighted by Gasteiger charge is 2.30. The van der Waals surface area contributed by atoms with Crippen LogP contribution < -0.4 is 10.6 Å². The highest BCUT2D eigenvalue weighted by molar-refractivity contribution is 5.76. The molecular weight excluding hydrogens is 214 g/mol. The summed E-state index contributed by atoms with van der Waals surface area (Å²) < 4.78 is 0. The van der Waals surface area contributed by atoms with E-state index in [1.54, 1.807) is 0 Å². The Morgan fingerprint density at radius 2 is 2.18 bits per heavy atom. The van der Waals surface area contributed by atoms with E-state index in [2.05, 4.69) is 22.5 Å². The highest BCUT2D eigenvalue weighted by Crippen LogP contribution is 2.20. The van der Waals surface area contributed by atoms with Gasteiger partial charge < -0.3 is 10.6 Å². The zero-order valence-corrected chi connectivity index (χ0v) is 10.9. The molecule has 0 aromatic heterocycles. The Bertz CT molecular complexity index is 251. The molecule has 2 saturated heterocycles. The second kappa shape index (κ2) is 6.36. The maximum Gasteiger partial charge on any atom is 0.221 e. The number of rotatable bonds is 4. The van der Waals surface area contributed by atoms with Crippen molar-refractivity contribution in [3.05, 3.63) is 0 Å². The lowest BCUT2D eigenvalue weighted by Crippen LogP contribution is -2.45. The molecule has 1 amide bonds. The molecule has 4 heteroatoms. The van der Waals surface area contributed by atoms with Crippen LogP contribution in [0.4, 0.5) is 0 Å².